The summed E-state index contributed by atoms with van der Waals surface area (Å²) in [6.07, 6.45) is 8.54. The van der Waals surface area contributed by atoms with Gasteiger partial charge in [-0.25, -0.2) is 9.97 Å². The summed E-state index contributed by atoms with van der Waals surface area (Å²) >= 11 is 23.8. The lowest BCUT2D eigenvalue weighted by atomic mass is 9.69. The first-order valence-corrected chi connectivity index (χ1v) is 15.7. The van der Waals surface area contributed by atoms with Crippen molar-refractivity contribution in [2.75, 3.05) is 39.6 Å². The van der Waals surface area contributed by atoms with Gasteiger partial charge in [-0.15, -0.1) is 0 Å². The predicted molar refractivity (Wildman–Crippen MR) is 154 cm³/mol. The molecule has 0 spiro atoms. The Kier molecular flexibility index (Phi) is 8.82. The van der Waals surface area contributed by atoms with Crippen LogP contribution in [0.3, 0.4) is 0 Å². The van der Waals surface area contributed by atoms with Crippen LogP contribution in [0.1, 0.15) is 63.0 Å². The first kappa shape index (κ1) is 30.3. The molecule has 7 aliphatic rings. The molecule has 6 aliphatic heterocycles. The molecule has 4 bridgehead atoms. The van der Waals surface area contributed by atoms with E-state index in [1.165, 1.54) is 32.1 Å². The standard InChI is InChI=1S/C16H19Cl2NO3.C13H15Cl2NO3/c17-13-6-12(7-14(18)19-13)16-20-8-15(9-21-16,10-22-16)11-4-2-1-3-5-11;1-2-3-12-6-17-13(18-7-12,19-8-12)9-4-10(14)16-11(15)5-9/h6-7,11H,1-5,8-10H2;4-5H,2-3,6-8H2,1H3. The lowest BCUT2D eigenvalue weighted by molar-refractivity contribution is -0.486. The molecule has 8 nitrogen and oxygen atoms in total. The molecule has 12 heteroatoms. The van der Waals surface area contributed by atoms with Crippen LogP contribution >= 0.6 is 46.4 Å². The van der Waals surface area contributed by atoms with Gasteiger partial charge in [-0.05, 0) is 49.4 Å². The van der Waals surface area contributed by atoms with Crippen molar-refractivity contribution >= 4 is 46.4 Å². The SMILES string of the molecule is CCCC12COC(c3cc(Cl)nc(Cl)c3)(OC1)OC2.Clc1cc(C23OCC(C4CCCCC4)(CO2)CO3)cc(Cl)n1. The highest BCUT2D eigenvalue weighted by atomic mass is 35.5. The van der Waals surface area contributed by atoms with Crippen LogP contribution in [-0.4, -0.2) is 49.6 Å². The molecule has 224 valence electrons. The molecule has 0 N–H and O–H groups in total. The van der Waals surface area contributed by atoms with Crippen LogP contribution in [0, 0.1) is 16.7 Å². The Morgan fingerprint density at radius 2 is 1.02 bits per heavy atom. The summed E-state index contributed by atoms with van der Waals surface area (Å²) in [5.74, 6) is -1.72. The Morgan fingerprint density at radius 1 is 0.634 bits per heavy atom. The number of aromatic nitrogens is 2. The minimum atomic E-state index is -1.17. The van der Waals surface area contributed by atoms with Gasteiger partial charge < -0.3 is 28.4 Å². The molecule has 0 unspecified atom stereocenters. The molecule has 0 atom stereocenters. The van der Waals surface area contributed by atoms with E-state index in [0.29, 0.717) is 77.3 Å². The van der Waals surface area contributed by atoms with Crippen molar-refractivity contribution in [2.45, 2.75) is 63.8 Å². The first-order valence-electron chi connectivity index (χ1n) is 14.2. The molecular weight excluding hydrogens is 614 g/mol. The summed E-state index contributed by atoms with van der Waals surface area (Å²) in [6, 6.07) is 6.69. The fourth-order valence-corrected chi connectivity index (χ4v) is 7.48. The average molecular weight is 648 g/mol. The molecule has 41 heavy (non-hydrogen) atoms. The Morgan fingerprint density at radius 3 is 1.41 bits per heavy atom. The van der Waals surface area contributed by atoms with Crippen molar-refractivity contribution in [2.24, 2.45) is 16.7 Å². The summed E-state index contributed by atoms with van der Waals surface area (Å²) in [5, 5.41) is 1.21. The van der Waals surface area contributed by atoms with Crippen LogP contribution in [0.5, 0.6) is 0 Å². The fourth-order valence-electron chi connectivity index (χ4n) is 6.56. The number of nitrogens with zero attached hydrogens (tertiary/aromatic N) is 2. The molecule has 1 aliphatic carbocycles. The molecule has 6 saturated heterocycles. The van der Waals surface area contributed by atoms with Crippen LogP contribution in [-0.2, 0) is 40.4 Å². The van der Waals surface area contributed by atoms with Crippen LogP contribution in [0.4, 0.5) is 0 Å². The number of hydrogen-bond acceptors (Lipinski definition) is 8. The molecule has 7 fully saturated rings. The second-order valence-electron chi connectivity index (χ2n) is 11.8. The van der Waals surface area contributed by atoms with E-state index < -0.39 is 11.9 Å². The quantitative estimate of drug-likeness (QED) is 0.309. The van der Waals surface area contributed by atoms with Gasteiger partial charge in [0, 0.05) is 22.0 Å². The van der Waals surface area contributed by atoms with Crippen molar-refractivity contribution in [3.05, 3.63) is 56.0 Å². The third-order valence-corrected chi connectivity index (χ3v) is 9.61. The highest BCUT2D eigenvalue weighted by Crippen LogP contribution is 2.51. The zero-order valence-corrected chi connectivity index (χ0v) is 26.0. The zero-order valence-electron chi connectivity index (χ0n) is 22.9. The molecule has 0 radical (unpaired) electrons. The maximum atomic E-state index is 6.03. The smallest absolute Gasteiger partial charge is 0.312 e. The Bertz CT molecular complexity index is 1170. The monoisotopic (exact) mass is 646 g/mol. The van der Waals surface area contributed by atoms with Crippen molar-refractivity contribution in [1.29, 1.82) is 0 Å². The van der Waals surface area contributed by atoms with E-state index in [-0.39, 0.29) is 10.8 Å². The van der Waals surface area contributed by atoms with Gasteiger partial charge >= 0.3 is 11.9 Å². The number of halogens is 4. The normalized spacial score (nSPS) is 34.8. The maximum absolute atomic E-state index is 6.03. The number of ether oxygens (including phenoxy) is 6. The summed E-state index contributed by atoms with van der Waals surface area (Å²) in [6.45, 7) is 6.00. The lowest BCUT2D eigenvalue weighted by Crippen LogP contribution is -2.61. The summed E-state index contributed by atoms with van der Waals surface area (Å²) < 4.78 is 35.6. The molecule has 0 amide bonds. The van der Waals surface area contributed by atoms with Crippen molar-refractivity contribution in [3.8, 4) is 0 Å². The molecule has 0 aromatic carbocycles. The van der Waals surface area contributed by atoms with Gasteiger partial charge in [-0.2, -0.15) is 0 Å². The van der Waals surface area contributed by atoms with E-state index in [4.69, 9.17) is 74.8 Å². The van der Waals surface area contributed by atoms with Gasteiger partial charge in [0.25, 0.3) is 0 Å². The summed E-state index contributed by atoms with van der Waals surface area (Å²) in [5.41, 5.74) is 1.32. The highest BCUT2D eigenvalue weighted by Gasteiger charge is 2.57. The highest BCUT2D eigenvalue weighted by molar-refractivity contribution is 6.33. The fraction of sp³-hybridized carbons (Fsp3) is 0.655. The van der Waals surface area contributed by atoms with E-state index in [1.807, 2.05) is 0 Å². The van der Waals surface area contributed by atoms with Crippen LogP contribution in [0.2, 0.25) is 20.6 Å². The minimum Gasteiger partial charge on any atom is -0.323 e. The topological polar surface area (TPSA) is 81.2 Å². The van der Waals surface area contributed by atoms with Crippen LogP contribution in [0.25, 0.3) is 0 Å². The van der Waals surface area contributed by atoms with Gasteiger partial charge in [0.05, 0.1) is 39.6 Å². The zero-order chi connectivity index (χ0) is 28.7. The summed E-state index contributed by atoms with van der Waals surface area (Å²) in [7, 11) is 0. The number of pyridine rings is 2. The van der Waals surface area contributed by atoms with E-state index in [0.717, 1.165) is 12.8 Å². The second-order valence-corrected chi connectivity index (χ2v) is 13.3. The number of fused-ring (bicyclic) bond motifs is 6. The maximum Gasteiger partial charge on any atom is 0.312 e. The van der Waals surface area contributed by atoms with Gasteiger partial charge in [0.2, 0.25) is 0 Å². The van der Waals surface area contributed by atoms with Crippen LogP contribution < -0.4 is 0 Å². The van der Waals surface area contributed by atoms with E-state index >= 15 is 0 Å². The van der Waals surface area contributed by atoms with E-state index in [1.54, 1.807) is 24.3 Å². The Labute approximate surface area is 260 Å². The van der Waals surface area contributed by atoms with E-state index in [2.05, 4.69) is 16.9 Å². The minimum absolute atomic E-state index is 0.00277. The van der Waals surface area contributed by atoms with Crippen molar-refractivity contribution < 1.29 is 28.4 Å². The molecule has 9 rings (SSSR count). The summed E-state index contributed by atoms with van der Waals surface area (Å²) in [4.78, 5) is 7.87. The van der Waals surface area contributed by atoms with Gasteiger partial charge in [0.1, 0.15) is 20.6 Å². The van der Waals surface area contributed by atoms with Crippen molar-refractivity contribution in [1.82, 2.24) is 9.97 Å². The Hall–Kier alpha value is -0.780. The third-order valence-electron chi connectivity index (χ3n) is 8.84. The first-order chi connectivity index (χ1) is 19.7. The Balaban J connectivity index is 0.000000149. The van der Waals surface area contributed by atoms with E-state index in [9.17, 15) is 0 Å². The number of rotatable bonds is 5. The predicted octanol–water partition coefficient (Wildman–Crippen LogP) is 7.50. The molecule has 8 heterocycles. The molecule has 2 aromatic heterocycles. The van der Waals surface area contributed by atoms with Gasteiger partial charge in [-0.3, -0.25) is 0 Å². The van der Waals surface area contributed by atoms with Crippen LogP contribution in [0.15, 0.2) is 24.3 Å². The molecule has 2 aromatic rings. The van der Waals surface area contributed by atoms with Crippen molar-refractivity contribution in [3.63, 3.8) is 0 Å². The molecular formula is C29H34Cl4N2O6. The third kappa shape index (κ3) is 5.99. The largest absolute Gasteiger partial charge is 0.323 e. The van der Waals surface area contributed by atoms with Gasteiger partial charge in [-0.1, -0.05) is 79.0 Å². The second kappa shape index (κ2) is 12.0. The molecule has 1 saturated carbocycles. The van der Waals surface area contributed by atoms with Gasteiger partial charge in [0.15, 0.2) is 0 Å². The number of hydrogen-bond donors (Lipinski definition) is 0. The lowest BCUT2D eigenvalue weighted by Gasteiger charge is -2.55. The average Bonchev–Trinajstić information content (AvgIpc) is 2.99.